The predicted octanol–water partition coefficient (Wildman–Crippen LogP) is 0.533. The molecule has 0 spiro atoms. The minimum atomic E-state index is -1.15. The van der Waals surface area contributed by atoms with Gasteiger partial charge in [0.15, 0.2) is 0 Å². The Bertz CT molecular complexity index is 453. The van der Waals surface area contributed by atoms with Crippen molar-refractivity contribution in [2.75, 3.05) is 11.9 Å². The normalized spacial score (nSPS) is 12.2. The summed E-state index contributed by atoms with van der Waals surface area (Å²) in [5, 5.41) is 20.1. The average Bonchev–Trinajstić information content (AvgIpc) is 2.36. The maximum atomic E-state index is 10.6. The van der Waals surface area contributed by atoms with Crippen LogP contribution in [0.25, 0.3) is 0 Å². The van der Waals surface area contributed by atoms with Gasteiger partial charge < -0.3 is 19.7 Å². The number of rotatable bonds is 6. The van der Waals surface area contributed by atoms with E-state index in [1.807, 2.05) is 0 Å². The fourth-order valence-electron chi connectivity index (χ4n) is 1.43. The van der Waals surface area contributed by atoms with Crippen molar-refractivity contribution in [2.24, 2.45) is 0 Å². The fraction of sp³-hybridized carbons (Fsp3) is 0.500. The lowest BCUT2D eigenvalue weighted by Gasteiger charge is -2.38. The number of hydrogen-bond acceptors (Lipinski definition) is 4. The lowest BCUT2D eigenvalue weighted by molar-refractivity contribution is -0.107. The summed E-state index contributed by atoms with van der Waals surface area (Å²) in [6.45, 7) is 6.68. The Morgan fingerprint density at radius 3 is 2.10 bits per heavy atom. The van der Waals surface area contributed by atoms with Gasteiger partial charge in [-0.1, -0.05) is 12.1 Å². The second kappa shape index (κ2) is 5.95. The summed E-state index contributed by atoms with van der Waals surface area (Å²) < 4.78 is 5.54. The molecular weight excluding hydrogens is 257 g/mol. The molecule has 5 nitrogen and oxygen atoms in total. The molecule has 0 radical (unpaired) electrons. The van der Waals surface area contributed by atoms with E-state index in [-0.39, 0.29) is 0 Å². The molecule has 0 saturated carbocycles. The molecule has 0 aliphatic rings. The number of hydrogen-bond donors (Lipinski definition) is 2. The SMILES string of the molecule is CN(C=O)c1ccc(B(O)OC(C)(C)C(C)(C)O)cc1. The van der Waals surface area contributed by atoms with Gasteiger partial charge in [0, 0.05) is 12.7 Å². The number of carbonyl (C=O) groups excluding carboxylic acids is 1. The topological polar surface area (TPSA) is 70.0 Å². The molecule has 20 heavy (non-hydrogen) atoms. The summed E-state index contributed by atoms with van der Waals surface area (Å²) in [7, 11) is 0.499. The molecule has 1 aromatic carbocycles. The third-order valence-electron chi connectivity index (χ3n) is 3.62. The minimum absolute atomic E-state index is 0.561. The fourth-order valence-corrected chi connectivity index (χ4v) is 1.43. The number of anilines is 1. The first-order valence-electron chi connectivity index (χ1n) is 6.45. The van der Waals surface area contributed by atoms with Gasteiger partial charge in [-0.15, -0.1) is 0 Å². The highest BCUT2D eigenvalue weighted by Gasteiger charge is 2.39. The van der Waals surface area contributed by atoms with E-state index < -0.39 is 18.3 Å². The Morgan fingerprint density at radius 2 is 1.70 bits per heavy atom. The monoisotopic (exact) mass is 279 g/mol. The molecule has 110 valence electrons. The van der Waals surface area contributed by atoms with E-state index in [0.717, 1.165) is 5.69 Å². The zero-order chi connectivity index (χ0) is 15.6. The zero-order valence-corrected chi connectivity index (χ0v) is 12.6. The van der Waals surface area contributed by atoms with Crippen molar-refractivity contribution in [1.29, 1.82) is 0 Å². The second-order valence-corrected chi connectivity index (χ2v) is 5.85. The van der Waals surface area contributed by atoms with Crippen molar-refractivity contribution >= 4 is 24.7 Å². The molecule has 6 heteroatoms. The van der Waals surface area contributed by atoms with E-state index in [0.29, 0.717) is 11.9 Å². The molecule has 0 aromatic heterocycles. The van der Waals surface area contributed by atoms with Gasteiger partial charge in [-0.3, -0.25) is 4.79 Å². The lowest BCUT2D eigenvalue weighted by atomic mass is 9.76. The summed E-state index contributed by atoms with van der Waals surface area (Å²) in [6, 6.07) is 6.79. The van der Waals surface area contributed by atoms with Gasteiger partial charge in [0.05, 0.1) is 11.2 Å². The molecule has 0 fully saturated rings. The van der Waals surface area contributed by atoms with Gasteiger partial charge in [0.1, 0.15) is 0 Å². The van der Waals surface area contributed by atoms with Gasteiger partial charge >= 0.3 is 7.12 Å². The van der Waals surface area contributed by atoms with Crippen molar-refractivity contribution in [3.05, 3.63) is 24.3 Å². The molecule has 0 saturated heterocycles. The average molecular weight is 279 g/mol. The maximum Gasteiger partial charge on any atom is 0.491 e. The first-order chi connectivity index (χ1) is 9.08. The molecule has 0 aliphatic carbocycles. The van der Waals surface area contributed by atoms with Crippen LogP contribution in [0.15, 0.2) is 24.3 Å². The third kappa shape index (κ3) is 3.82. The van der Waals surface area contributed by atoms with Crippen molar-refractivity contribution in [3.63, 3.8) is 0 Å². The summed E-state index contributed by atoms with van der Waals surface area (Å²) in [4.78, 5) is 12.1. The number of aliphatic hydroxyl groups is 1. The molecule has 1 amide bonds. The van der Waals surface area contributed by atoms with Crippen LogP contribution in [-0.2, 0) is 9.45 Å². The summed E-state index contributed by atoms with van der Waals surface area (Å²) in [5.41, 5.74) is -0.723. The van der Waals surface area contributed by atoms with Crippen molar-refractivity contribution in [2.45, 2.75) is 38.9 Å². The smallest absolute Gasteiger partial charge is 0.423 e. The van der Waals surface area contributed by atoms with E-state index in [1.54, 1.807) is 59.0 Å². The number of benzene rings is 1. The largest absolute Gasteiger partial charge is 0.491 e. The van der Waals surface area contributed by atoms with Gasteiger partial charge in [0.25, 0.3) is 0 Å². The maximum absolute atomic E-state index is 10.6. The summed E-state index contributed by atoms with van der Waals surface area (Å²) in [6.07, 6.45) is 0.708. The Kier molecular flexibility index (Phi) is 4.97. The highest BCUT2D eigenvalue weighted by molar-refractivity contribution is 6.60. The van der Waals surface area contributed by atoms with Crippen LogP contribution in [0.4, 0.5) is 5.69 Å². The first-order valence-corrected chi connectivity index (χ1v) is 6.45. The molecule has 1 aromatic rings. The molecular formula is C14H22BNO4. The van der Waals surface area contributed by atoms with E-state index in [4.69, 9.17) is 4.65 Å². The Hall–Kier alpha value is -1.37. The van der Waals surface area contributed by atoms with Crippen molar-refractivity contribution in [3.8, 4) is 0 Å². The molecule has 2 N–H and O–H groups in total. The molecule has 1 rings (SSSR count). The van der Waals surface area contributed by atoms with Crippen LogP contribution in [-0.4, -0.2) is 41.9 Å². The minimum Gasteiger partial charge on any atom is -0.423 e. The van der Waals surface area contributed by atoms with Crippen molar-refractivity contribution < 1.29 is 19.6 Å². The summed E-state index contributed by atoms with van der Waals surface area (Å²) in [5.74, 6) is 0. The second-order valence-electron chi connectivity index (χ2n) is 5.85. The zero-order valence-electron chi connectivity index (χ0n) is 12.6. The van der Waals surface area contributed by atoms with E-state index in [2.05, 4.69) is 0 Å². The number of nitrogens with zero attached hydrogens (tertiary/aromatic N) is 1. The van der Waals surface area contributed by atoms with Crippen LogP contribution in [0.2, 0.25) is 0 Å². The predicted molar refractivity (Wildman–Crippen MR) is 80.0 cm³/mol. The van der Waals surface area contributed by atoms with Crippen LogP contribution in [0.5, 0.6) is 0 Å². The van der Waals surface area contributed by atoms with Crippen LogP contribution in [0, 0.1) is 0 Å². The van der Waals surface area contributed by atoms with Crippen LogP contribution < -0.4 is 10.4 Å². The third-order valence-corrected chi connectivity index (χ3v) is 3.62. The standard InChI is InChI=1S/C14H22BNO4/c1-13(2,18)14(3,4)20-15(19)11-6-8-12(9-7-11)16(5)10-17/h6-10,18-19H,1-5H3. The van der Waals surface area contributed by atoms with Crippen LogP contribution >= 0.6 is 0 Å². The quantitative estimate of drug-likeness (QED) is 0.589. The lowest BCUT2D eigenvalue weighted by Crippen LogP contribution is -2.53. The number of amides is 1. The van der Waals surface area contributed by atoms with Crippen molar-refractivity contribution in [1.82, 2.24) is 0 Å². The van der Waals surface area contributed by atoms with E-state index >= 15 is 0 Å². The van der Waals surface area contributed by atoms with E-state index in [1.165, 1.54) is 4.90 Å². The molecule has 0 unspecified atom stereocenters. The highest BCUT2D eigenvalue weighted by atomic mass is 16.5. The summed E-state index contributed by atoms with van der Waals surface area (Å²) >= 11 is 0. The molecule has 0 atom stereocenters. The molecule has 0 aliphatic heterocycles. The highest BCUT2D eigenvalue weighted by Crippen LogP contribution is 2.25. The van der Waals surface area contributed by atoms with E-state index in [9.17, 15) is 14.9 Å². The Morgan fingerprint density at radius 1 is 1.20 bits per heavy atom. The van der Waals surface area contributed by atoms with Crippen LogP contribution in [0.1, 0.15) is 27.7 Å². The van der Waals surface area contributed by atoms with Crippen LogP contribution in [0.3, 0.4) is 0 Å². The van der Waals surface area contributed by atoms with Gasteiger partial charge in [-0.2, -0.15) is 0 Å². The van der Waals surface area contributed by atoms with Gasteiger partial charge in [-0.05, 0) is 45.3 Å². The Balaban J connectivity index is 2.83. The first kappa shape index (κ1) is 16.7. The number of carbonyl (C=O) groups is 1. The van der Waals surface area contributed by atoms with Gasteiger partial charge in [0.2, 0.25) is 6.41 Å². The molecule has 0 heterocycles. The Labute approximate surface area is 120 Å². The van der Waals surface area contributed by atoms with Gasteiger partial charge in [-0.25, -0.2) is 0 Å². The molecule has 0 bridgehead atoms.